The molecule has 0 fully saturated rings. The predicted molar refractivity (Wildman–Crippen MR) is 64.0 cm³/mol. The highest BCUT2D eigenvalue weighted by molar-refractivity contribution is 7.16. The summed E-state index contributed by atoms with van der Waals surface area (Å²) in [6, 6.07) is 5.73. The van der Waals surface area contributed by atoms with Gasteiger partial charge >= 0.3 is 0 Å². The Morgan fingerprint density at radius 1 is 1.17 bits per heavy atom. The van der Waals surface area contributed by atoms with Crippen LogP contribution in [0.5, 0.6) is 0 Å². The first-order valence-electron chi connectivity index (χ1n) is 4.91. The maximum Gasteiger partial charge on any atom is 0.177 e. The summed E-state index contributed by atoms with van der Waals surface area (Å²) in [5.74, 6) is 0.562. The van der Waals surface area contributed by atoms with Crippen molar-refractivity contribution in [2.75, 3.05) is 0 Å². The largest absolute Gasteiger partial charge is 0.272 e. The van der Waals surface area contributed by atoms with E-state index < -0.39 is 0 Å². The van der Waals surface area contributed by atoms with Crippen LogP contribution >= 0.6 is 11.3 Å². The molecule has 0 aromatic carbocycles. The Hall–Kier alpha value is -2.77. The monoisotopic (exact) mass is 252 g/mol. The average molecular weight is 252 g/mol. The van der Waals surface area contributed by atoms with E-state index >= 15 is 0 Å². The number of nitriles is 2. The third-order valence-corrected chi connectivity index (χ3v) is 3.27. The van der Waals surface area contributed by atoms with Crippen LogP contribution in [-0.2, 0) is 0 Å². The molecule has 0 aliphatic carbocycles. The van der Waals surface area contributed by atoms with Crippen LogP contribution in [-0.4, -0.2) is 19.5 Å². The number of hydrogen-bond donors (Lipinski definition) is 0. The number of imidazole rings is 1. The van der Waals surface area contributed by atoms with E-state index in [1.807, 2.05) is 23.6 Å². The highest BCUT2D eigenvalue weighted by atomic mass is 32.1. The van der Waals surface area contributed by atoms with E-state index in [1.54, 1.807) is 0 Å². The number of nitrogens with zero attached hydrogens (tertiary/aromatic N) is 6. The number of fused-ring (bicyclic) bond motifs is 1. The van der Waals surface area contributed by atoms with Gasteiger partial charge in [-0.05, 0) is 11.4 Å². The first-order valence-corrected chi connectivity index (χ1v) is 5.79. The molecule has 0 atom stereocenters. The number of aromatic nitrogens is 4. The summed E-state index contributed by atoms with van der Waals surface area (Å²) >= 11 is 1.49. The quantitative estimate of drug-likeness (QED) is 0.656. The Labute approximate surface area is 105 Å². The van der Waals surface area contributed by atoms with Gasteiger partial charge in [-0.15, -0.1) is 11.3 Å². The lowest BCUT2D eigenvalue weighted by Crippen LogP contribution is -2.00. The Bertz CT molecular complexity index is 816. The van der Waals surface area contributed by atoms with Crippen molar-refractivity contribution >= 4 is 21.6 Å². The van der Waals surface area contributed by atoms with E-state index in [0.717, 1.165) is 10.2 Å². The fourth-order valence-electron chi connectivity index (χ4n) is 1.67. The highest BCUT2D eigenvalue weighted by Crippen LogP contribution is 2.24. The maximum atomic E-state index is 9.10. The van der Waals surface area contributed by atoms with Crippen LogP contribution in [0.25, 0.3) is 16.0 Å². The Morgan fingerprint density at radius 3 is 2.83 bits per heavy atom. The molecular formula is C11H4N6S. The van der Waals surface area contributed by atoms with Crippen LogP contribution in [0.2, 0.25) is 0 Å². The van der Waals surface area contributed by atoms with Crippen molar-refractivity contribution in [1.82, 2.24) is 19.5 Å². The zero-order valence-corrected chi connectivity index (χ0v) is 9.72. The molecule has 0 N–H and O–H groups in total. The smallest absolute Gasteiger partial charge is 0.177 e. The molecule has 3 heterocycles. The third kappa shape index (κ3) is 1.35. The second-order valence-corrected chi connectivity index (χ2v) is 4.27. The molecule has 0 radical (unpaired) electrons. The van der Waals surface area contributed by atoms with Gasteiger partial charge in [0, 0.05) is 0 Å². The minimum absolute atomic E-state index is 0.0968. The summed E-state index contributed by atoms with van der Waals surface area (Å²) in [6.45, 7) is 0. The number of thiophene rings is 1. The van der Waals surface area contributed by atoms with Crippen molar-refractivity contribution in [3.05, 3.63) is 35.5 Å². The van der Waals surface area contributed by atoms with Crippen molar-refractivity contribution in [3.8, 4) is 18.0 Å². The summed E-state index contributed by atoms with van der Waals surface area (Å²) in [7, 11) is 0. The molecule has 3 rings (SSSR count). The molecule has 0 spiro atoms. The van der Waals surface area contributed by atoms with Crippen LogP contribution in [0.1, 0.15) is 11.4 Å². The summed E-state index contributed by atoms with van der Waals surface area (Å²) in [4.78, 5) is 13.0. The topological polar surface area (TPSA) is 91.2 Å². The lowest BCUT2D eigenvalue weighted by atomic mass is 10.3. The molecule has 0 saturated heterocycles. The SMILES string of the molecule is N#Cc1ncn(-c2ncnc3sccc23)c1C#N. The zero-order chi connectivity index (χ0) is 12.5. The molecule has 18 heavy (non-hydrogen) atoms. The maximum absolute atomic E-state index is 9.10. The van der Waals surface area contributed by atoms with Crippen LogP contribution in [0.15, 0.2) is 24.1 Å². The van der Waals surface area contributed by atoms with E-state index in [0.29, 0.717) is 5.82 Å². The minimum atomic E-state index is 0.0968. The zero-order valence-electron chi connectivity index (χ0n) is 8.90. The lowest BCUT2D eigenvalue weighted by molar-refractivity contribution is 0.978. The molecule has 0 aliphatic heterocycles. The van der Waals surface area contributed by atoms with Crippen molar-refractivity contribution in [1.29, 1.82) is 10.5 Å². The van der Waals surface area contributed by atoms with Gasteiger partial charge < -0.3 is 0 Å². The molecule has 84 valence electrons. The van der Waals surface area contributed by atoms with Gasteiger partial charge in [0.1, 0.15) is 29.6 Å². The van der Waals surface area contributed by atoms with E-state index in [-0.39, 0.29) is 11.4 Å². The Balaban J connectivity index is 2.34. The third-order valence-electron chi connectivity index (χ3n) is 2.45. The molecule has 7 heteroatoms. The lowest BCUT2D eigenvalue weighted by Gasteiger charge is -2.03. The van der Waals surface area contributed by atoms with E-state index in [2.05, 4.69) is 15.0 Å². The Morgan fingerprint density at radius 2 is 2.06 bits per heavy atom. The van der Waals surface area contributed by atoms with E-state index in [9.17, 15) is 0 Å². The molecule has 3 aromatic heterocycles. The second kappa shape index (κ2) is 3.91. The van der Waals surface area contributed by atoms with Gasteiger partial charge in [0.2, 0.25) is 0 Å². The van der Waals surface area contributed by atoms with Gasteiger partial charge in [-0.3, -0.25) is 4.57 Å². The summed E-state index contributed by atoms with van der Waals surface area (Å²) in [5.41, 5.74) is 0.281. The molecule has 0 saturated carbocycles. The van der Waals surface area contributed by atoms with Crippen molar-refractivity contribution in [3.63, 3.8) is 0 Å². The predicted octanol–water partition coefficient (Wildman–Crippen LogP) is 1.62. The average Bonchev–Trinajstić information content (AvgIpc) is 3.03. The van der Waals surface area contributed by atoms with Gasteiger partial charge in [0.25, 0.3) is 0 Å². The fourth-order valence-corrected chi connectivity index (χ4v) is 2.39. The summed E-state index contributed by atoms with van der Waals surface area (Å²) < 4.78 is 1.51. The van der Waals surface area contributed by atoms with Crippen LogP contribution in [0, 0.1) is 22.7 Å². The molecule has 6 nitrogen and oxygen atoms in total. The second-order valence-electron chi connectivity index (χ2n) is 3.37. The van der Waals surface area contributed by atoms with Crippen molar-refractivity contribution in [2.45, 2.75) is 0 Å². The molecule has 3 aromatic rings. The summed E-state index contributed by atoms with van der Waals surface area (Å²) in [5, 5.41) is 20.7. The normalized spacial score (nSPS) is 10.1. The van der Waals surface area contributed by atoms with Crippen LogP contribution < -0.4 is 0 Å². The van der Waals surface area contributed by atoms with Gasteiger partial charge in [-0.1, -0.05) is 0 Å². The fraction of sp³-hybridized carbons (Fsp3) is 0. The molecule has 0 amide bonds. The van der Waals surface area contributed by atoms with E-state index in [1.165, 1.54) is 28.6 Å². The minimum Gasteiger partial charge on any atom is -0.272 e. The first kappa shape index (κ1) is 10.4. The first-order chi connectivity index (χ1) is 8.85. The van der Waals surface area contributed by atoms with Crippen LogP contribution in [0.3, 0.4) is 0 Å². The Kier molecular flexibility index (Phi) is 2.26. The van der Waals surface area contributed by atoms with Crippen molar-refractivity contribution < 1.29 is 0 Å². The number of hydrogen-bond acceptors (Lipinski definition) is 6. The molecule has 0 bridgehead atoms. The highest BCUT2D eigenvalue weighted by Gasteiger charge is 2.15. The van der Waals surface area contributed by atoms with E-state index in [4.69, 9.17) is 10.5 Å². The van der Waals surface area contributed by atoms with Gasteiger partial charge in [-0.2, -0.15) is 10.5 Å². The molecule has 0 aliphatic rings. The van der Waals surface area contributed by atoms with Gasteiger partial charge in [0.05, 0.1) is 5.39 Å². The molecule has 0 unspecified atom stereocenters. The van der Waals surface area contributed by atoms with Crippen molar-refractivity contribution in [2.24, 2.45) is 0 Å². The number of rotatable bonds is 1. The van der Waals surface area contributed by atoms with Gasteiger partial charge in [-0.25, -0.2) is 15.0 Å². The molecular weight excluding hydrogens is 248 g/mol. The van der Waals surface area contributed by atoms with Crippen LogP contribution in [0.4, 0.5) is 0 Å². The van der Waals surface area contributed by atoms with Gasteiger partial charge in [0.15, 0.2) is 17.2 Å². The standard InChI is InChI=1S/C11H4N6S/c12-3-8-9(4-13)17(6-16-8)10-7-1-2-18-11(7)15-5-14-10/h1-2,5-6H. The summed E-state index contributed by atoms with van der Waals surface area (Å²) in [6.07, 6.45) is 2.86.